The second-order valence-electron chi connectivity index (χ2n) is 7.57. The highest BCUT2D eigenvalue weighted by atomic mass is 16.6. The van der Waals surface area contributed by atoms with E-state index in [1.54, 1.807) is 42.5 Å². The van der Waals surface area contributed by atoms with E-state index in [1.165, 1.54) is 6.92 Å². The number of carbonyl (C=O) groups excluding carboxylic acids is 3. The van der Waals surface area contributed by atoms with Crippen molar-refractivity contribution in [3.8, 4) is 11.5 Å². The second kappa shape index (κ2) is 10.5. The fourth-order valence-corrected chi connectivity index (χ4v) is 2.90. The summed E-state index contributed by atoms with van der Waals surface area (Å²) >= 11 is 0. The summed E-state index contributed by atoms with van der Waals surface area (Å²) in [7, 11) is 0. The van der Waals surface area contributed by atoms with Gasteiger partial charge in [-0.1, -0.05) is 12.1 Å². The first-order valence-electron chi connectivity index (χ1n) is 10.4. The number of anilines is 1. The lowest BCUT2D eigenvalue weighted by molar-refractivity contribution is -0.123. The van der Waals surface area contributed by atoms with Gasteiger partial charge in [-0.15, -0.1) is 0 Å². The van der Waals surface area contributed by atoms with E-state index in [-0.39, 0.29) is 12.1 Å². The van der Waals surface area contributed by atoms with Crippen LogP contribution in [0.25, 0.3) is 0 Å². The second-order valence-corrected chi connectivity index (χ2v) is 7.57. The molecule has 0 spiro atoms. The van der Waals surface area contributed by atoms with Gasteiger partial charge in [0.2, 0.25) is 0 Å². The van der Waals surface area contributed by atoms with Crippen molar-refractivity contribution in [1.82, 2.24) is 10.6 Å². The van der Waals surface area contributed by atoms with Gasteiger partial charge >= 0.3 is 12.0 Å². The fraction of sp³-hybridized carbons (Fsp3) is 0.348. The van der Waals surface area contributed by atoms with E-state index in [2.05, 4.69) is 16.0 Å². The number of ether oxygens (including phenoxy) is 3. The molecule has 0 fully saturated rings. The van der Waals surface area contributed by atoms with Crippen LogP contribution in [0.1, 0.15) is 36.7 Å². The Morgan fingerprint density at radius 3 is 2.34 bits per heavy atom. The lowest BCUT2D eigenvalue weighted by Crippen LogP contribution is -2.39. The Balaban J connectivity index is 1.50. The fourth-order valence-electron chi connectivity index (χ4n) is 2.90. The summed E-state index contributed by atoms with van der Waals surface area (Å²) in [5, 5.41) is 8.16. The number of benzene rings is 2. The van der Waals surface area contributed by atoms with Gasteiger partial charge in [-0.25, -0.2) is 9.59 Å². The van der Waals surface area contributed by atoms with E-state index in [0.717, 1.165) is 5.56 Å². The highest BCUT2D eigenvalue weighted by Gasteiger charge is 2.20. The third-order valence-corrected chi connectivity index (χ3v) is 4.53. The van der Waals surface area contributed by atoms with Crippen LogP contribution in [0.4, 0.5) is 10.5 Å². The van der Waals surface area contributed by atoms with Gasteiger partial charge in [-0.3, -0.25) is 4.79 Å². The van der Waals surface area contributed by atoms with Crippen LogP contribution in [-0.4, -0.2) is 43.3 Å². The molecule has 1 unspecified atom stereocenters. The molecule has 1 aliphatic rings. The Bertz CT molecular complexity index is 974. The topological polar surface area (TPSA) is 115 Å². The Kier molecular flexibility index (Phi) is 7.54. The molecule has 3 amide bonds. The normalized spacial score (nSPS) is 13.1. The van der Waals surface area contributed by atoms with E-state index in [9.17, 15) is 14.4 Å². The van der Waals surface area contributed by atoms with Crippen molar-refractivity contribution < 1.29 is 28.6 Å². The maximum absolute atomic E-state index is 12.4. The van der Waals surface area contributed by atoms with E-state index in [1.807, 2.05) is 13.8 Å². The zero-order chi connectivity index (χ0) is 23.1. The van der Waals surface area contributed by atoms with Gasteiger partial charge in [0, 0.05) is 24.3 Å². The molecule has 0 saturated heterocycles. The standard InChI is InChI=1S/C23H27N3O6/c1-14(2)25-23(29)24-13-16-4-6-17(7-5-16)22(28)32-15(3)21(27)26-18-8-9-19-20(12-18)31-11-10-30-19/h4-9,12,14-15H,10-11,13H2,1-3H3,(H,26,27)(H2,24,25,29). The van der Waals surface area contributed by atoms with E-state index < -0.39 is 18.0 Å². The molecular weight excluding hydrogens is 414 g/mol. The molecule has 3 rings (SSSR count). The van der Waals surface area contributed by atoms with Crippen LogP contribution >= 0.6 is 0 Å². The van der Waals surface area contributed by atoms with Crippen molar-refractivity contribution in [2.45, 2.75) is 39.5 Å². The van der Waals surface area contributed by atoms with Gasteiger partial charge in [-0.2, -0.15) is 0 Å². The first-order chi connectivity index (χ1) is 15.3. The quantitative estimate of drug-likeness (QED) is 0.569. The molecule has 2 aromatic rings. The third kappa shape index (κ3) is 6.37. The van der Waals surface area contributed by atoms with Crippen LogP contribution in [0, 0.1) is 0 Å². The summed E-state index contributed by atoms with van der Waals surface area (Å²) in [5.41, 5.74) is 1.64. The molecule has 2 aromatic carbocycles. The highest BCUT2D eigenvalue weighted by Crippen LogP contribution is 2.32. The predicted octanol–water partition coefficient (Wildman–Crippen LogP) is 2.85. The SMILES string of the molecule is CC(C)NC(=O)NCc1ccc(C(=O)OC(C)C(=O)Nc2ccc3c(c2)OCCO3)cc1. The highest BCUT2D eigenvalue weighted by molar-refractivity contribution is 5.97. The van der Waals surface area contributed by atoms with Crippen LogP contribution in [0.3, 0.4) is 0 Å². The van der Waals surface area contributed by atoms with Gasteiger partial charge in [0.1, 0.15) is 13.2 Å². The minimum atomic E-state index is -1.00. The zero-order valence-electron chi connectivity index (χ0n) is 18.3. The van der Waals surface area contributed by atoms with Gasteiger partial charge in [0.05, 0.1) is 5.56 Å². The Hall–Kier alpha value is -3.75. The zero-order valence-corrected chi connectivity index (χ0v) is 18.3. The first-order valence-corrected chi connectivity index (χ1v) is 10.4. The number of nitrogens with one attached hydrogen (secondary N) is 3. The maximum Gasteiger partial charge on any atom is 0.338 e. The Morgan fingerprint density at radius 2 is 1.66 bits per heavy atom. The molecule has 1 heterocycles. The van der Waals surface area contributed by atoms with Crippen molar-refractivity contribution >= 4 is 23.6 Å². The molecule has 0 aromatic heterocycles. The van der Waals surface area contributed by atoms with Crippen molar-refractivity contribution in [1.29, 1.82) is 0 Å². The summed E-state index contributed by atoms with van der Waals surface area (Å²) in [6.07, 6.45) is -1.00. The Labute approximate surface area is 186 Å². The number of fused-ring (bicyclic) bond motifs is 1. The summed E-state index contributed by atoms with van der Waals surface area (Å²) in [6.45, 7) is 6.49. The van der Waals surface area contributed by atoms with Crippen LogP contribution in [0.15, 0.2) is 42.5 Å². The number of hydrogen-bond donors (Lipinski definition) is 3. The maximum atomic E-state index is 12.4. The minimum Gasteiger partial charge on any atom is -0.486 e. The van der Waals surface area contributed by atoms with Crippen molar-refractivity contribution in [2.75, 3.05) is 18.5 Å². The number of urea groups is 1. The largest absolute Gasteiger partial charge is 0.486 e. The van der Waals surface area contributed by atoms with E-state index in [4.69, 9.17) is 14.2 Å². The molecule has 0 saturated carbocycles. The van der Waals surface area contributed by atoms with Gasteiger partial charge < -0.3 is 30.2 Å². The molecule has 9 nitrogen and oxygen atoms in total. The van der Waals surface area contributed by atoms with Crippen molar-refractivity contribution in [2.24, 2.45) is 0 Å². The number of esters is 1. The number of rotatable bonds is 7. The lowest BCUT2D eigenvalue weighted by Gasteiger charge is -2.19. The molecule has 32 heavy (non-hydrogen) atoms. The molecule has 0 radical (unpaired) electrons. The van der Waals surface area contributed by atoms with Gasteiger partial charge in [0.15, 0.2) is 17.6 Å². The third-order valence-electron chi connectivity index (χ3n) is 4.53. The molecule has 1 atom stereocenters. The van der Waals surface area contributed by atoms with Gasteiger partial charge in [0.25, 0.3) is 5.91 Å². The molecule has 9 heteroatoms. The predicted molar refractivity (Wildman–Crippen MR) is 118 cm³/mol. The lowest BCUT2D eigenvalue weighted by atomic mass is 10.1. The van der Waals surface area contributed by atoms with Crippen LogP contribution in [0.5, 0.6) is 11.5 Å². The summed E-state index contributed by atoms with van der Waals surface area (Å²) in [4.78, 5) is 36.4. The smallest absolute Gasteiger partial charge is 0.338 e. The summed E-state index contributed by atoms with van der Waals surface area (Å²) in [6, 6.07) is 11.4. The number of carbonyl (C=O) groups is 3. The average molecular weight is 441 g/mol. The number of hydrogen-bond acceptors (Lipinski definition) is 6. The summed E-state index contributed by atoms with van der Waals surface area (Å²) < 4.78 is 16.2. The molecule has 3 N–H and O–H groups in total. The van der Waals surface area contributed by atoms with Crippen LogP contribution in [-0.2, 0) is 16.1 Å². The molecule has 1 aliphatic heterocycles. The van der Waals surface area contributed by atoms with Crippen LogP contribution < -0.4 is 25.4 Å². The average Bonchev–Trinajstić information content (AvgIpc) is 2.77. The van der Waals surface area contributed by atoms with Crippen molar-refractivity contribution in [3.05, 3.63) is 53.6 Å². The monoisotopic (exact) mass is 441 g/mol. The van der Waals surface area contributed by atoms with Crippen molar-refractivity contribution in [3.63, 3.8) is 0 Å². The molecule has 0 bridgehead atoms. The van der Waals surface area contributed by atoms with Gasteiger partial charge in [-0.05, 0) is 50.6 Å². The Morgan fingerprint density at radius 1 is 0.969 bits per heavy atom. The molecule has 0 aliphatic carbocycles. The minimum absolute atomic E-state index is 0.0425. The van der Waals surface area contributed by atoms with Crippen LogP contribution in [0.2, 0.25) is 0 Å². The first kappa shape index (κ1) is 22.9. The number of amides is 3. The summed E-state index contributed by atoms with van der Waals surface area (Å²) in [5.74, 6) is 0.0850. The molecular formula is C23H27N3O6. The van der Waals surface area contributed by atoms with E-state index in [0.29, 0.717) is 42.5 Å². The van der Waals surface area contributed by atoms with E-state index >= 15 is 0 Å². The molecule has 170 valence electrons.